The van der Waals surface area contributed by atoms with Crippen LogP contribution in [0.1, 0.15) is 36.0 Å². The van der Waals surface area contributed by atoms with E-state index in [0.29, 0.717) is 10.6 Å². The van der Waals surface area contributed by atoms with Crippen molar-refractivity contribution in [3.05, 3.63) is 39.2 Å². The summed E-state index contributed by atoms with van der Waals surface area (Å²) in [6.07, 6.45) is 0. The number of anilines is 1. The van der Waals surface area contributed by atoms with E-state index in [2.05, 4.69) is 15.9 Å². The van der Waals surface area contributed by atoms with Gasteiger partial charge in [0.1, 0.15) is 10.5 Å². The van der Waals surface area contributed by atoms with Crippen LogP contribution in [0.5, 0.6) is 0 Å². The van der Waals surface area contributed by atoms with Crippen LogP contribution in [0.25, 0.3) is 10.4 Å². The summed E-state index contributed by atoms with van der Waals surface area (Å²) in [5.74, 6) is -0.369. The fourth-order valence-electron chi connectivity index (χ4n) is 1.90. The van der Waals surface area contributed by atoms with Crippen molar-refractivity contribution in [1.29, 1.82) is 0 Å². The molecule has 2 rings (SSSR count). The number of nitrogens with two attached hydrogens (primary N) is 1. The van der Waals surface area contributed by atoms with Gasteiger partial charge in [-0.1, -0.05) is 34.1 Å². The standard InChI is InChI=1S/C16H18BrNO2S/c1-9-12(18)14(15(19)20-16(2,3)4)21-13(9)10-7-5-6-8-11(10)17/h5-8H,18H2,1-4H3. The van der Waals surface area contributed by atoms with E-state index in [9.17, 15) is 4.79 Å². The van der Waals surface area contributed by atoms with Gasteiger partial charge < -0.3 is 10.5 Å². The summed E-state index contributed by atoms with van der Waals surface area (Å²) in [5.41, 5.74) is 8.01. The Kier molecular flexibility index (Phi) is 4.44. The zero-order chi connectivity index (χ0) is 15.8. The van der Waals surface area contributed by atoms with Crippen LogP contribution in [0.3, 0.4) is 0 Å². The molecule has 0 amide bonds. The smallest absolute Gasteiger partial charge is 0.351 e. The van der Waals surface area contributed by atoms with Gasteiger partial charge in [0.15, 0.2) is 0 Å². The van der Waals surface area contributed by atoms with E-state index in [1.54, 1.807) is 0 Å². The number of ether oxygens (including phenoxy) is 1. The van der Waals surface area contributed by atoms with Crippen molar-refractivity contribution < 1.29 is 9.53 Å². The lowest BCUT2D eigenvalue weighted by Crippen LogP contribution is -2.23. The van der Waals surface area contributed by atoms with Gasteiger partial charge in [-0.3, -0.25) is 0 Å². The first kappa shape index (κ1) is 16.0. The van der Waals surface area contributed by atoms with Crippen molar-refractivity contribution >= 4 is 38.9 Å². The van der Waals surface area contributed by atoms with Crippen molar-refractivity contribution in [3.63, 3.8) is 0 Å². The van der Waals surface area contributed by atoms with Gasteiger partial charge in [0.05, 0.1) is 5.69 Å². The van der Waals surface area contributed by atoms with Crippen LogP contribution in [0.15, 0.2) is 28.7 Å². The van der Waals surface area contributed by atoms with Crippen molar-refractivity contribution in [2.75, 3.05) is 5.73 Å². The Morgan fingerprint density at radius 2 is 1.90 bits per heavy atom. The Hall–Kier alpha value is -1.33. The molecule has 3 nitrogen and oxygen atoms in total. The third kappa shape index (κ3) is 3.47. The molecule has 0 aliphatic rings. The van der Waals surface area contributed by atoms with Gasteiger partial charge in [0, 0.05) is 14.9 Å². The van der Waals surface area contributed by atoms with Gasteiger partial charge in [0.25, 0.3) is 0 Å². The van der Waals surface area contributed by atoms with E-state index in [4.69, 9.17) is 10.5 Å². The van der Waals surface area contributed by atoms with Gasteiger partial charge in [-0.25, -0.2) is 4.79 Å². The fourth-order valence-corrected chi connectivity index (χ4v) is 3.66. The van der Waals surface area contributed by atoms with Gasteiger partial charge >= 0.3 is 5.97 Å². The lowest BCUT2D eigenvalue weighted by Gasteiger charge is -2.19. The first-order valence-electron chi connectivity index (χ1n) is 6.58. The molecule has 0 aliphatic carbocycles. The van der Waals surface area contributed by atoms with E-state index in [-0.39, 0.29) is 5.97 Å². The Morgan fingerprint density at radius 1 is 1.29 bits per heavy atom. The molecule has 0 aliphatic heterocycles. The molecule has 0 saturated heterocycles. The molecular formula is C16H18BrNO2S. The summed E-state index contributed by atoms with van der Waals surface area (Å²) in [5, 5.41) is 0. The number of esters is 1. The molecule has 0 radical (unpaired) electrons. The Bertz CT molecular complexity index is 686. The molecule has 5 heteroatoms. The second-order valence-corrected chi connectivity index (χ2v) is 7.66. The molecule has 1 heterocycles. The number of hydrogen-bond donors (Lipinski definition) is 1. The van der Waals surface area contributed by atoms with E-state index < -0.39 is 5.60 Å². The van der Waals surface area contributed by atoms with Crippen molar-refractivity contribution in [2.45, 2.75) is 33.3 Å². The number of carbonyl (C=O) groups excluding carboxylic acids is 1. The van der Waals surface area contributed by atoms with Crippen LogP contribution < -0.4 is 5.73 Å². The molecule has 0 spiro atoms. The molecular weight excluding hydrogens is 350 g/mol. The van der Waals surface area contributed by atoms with Crippen molar-refractivity contribution in [3.8, 4) is 10.4 Å². The Morgan fingerprint density at radius 3 is 2.48 bits per heavy atom. The monoisotopic (exact) mass is 367 g/mol. The predicted octanol–water partition coefficient (Wildman–Crippen LogP) is 5.02. The summed E-state index contributed by atoms with van der Waals surface area (Å²) in [4.78, 5) is 13.7. The van der Waals surface area contributed by atoms with Gasteiger partial charge in [-0.05, 0) is 39.3 Å². The number of rotatable bonds is 2. The number of benzene rings is 1. The van der Waals surface area contributed by atoms with Crippen LogP contribution in [0.4, 0.5) is 5.69 Å². The van der Waals surface area contributed by atoms with E-state index in [1.165, 1.54) is 11.3 Å². The molecule has 0 bridgehead atoms. The topological polar surface area (TPSA) is 52.3 Å². The molecule has 21 heavy (non-hydrogen) atoms. The Labute approximate surface area is 137 Å². The van der Waals surface area contributed by atoms with Crippen LogP contribution >= 0.6 is 27.3 Å². The minimum Gasteiger partial charge on any atom is -0.456 e. The molecule has 112 valence electrons. The van der Waals surface area contributed by atoms with Gasteiger partial charge in [0.2, 0.25) is 0 Å². The molecule has 0 atom stereocenters. The zero-order valence-corrected chi connectivity index (χ0v) is 14.9. The van der Waals surface area contributed by atoms with Crippen LogP contribution in [0.2, 0.25) is 0 Å². The van der Waals surface area contributed by atoms with Crippen LogP contribution in [0, 0.1) is 6.92 Å². The number of carbonyl (C=O) groups is 1. The summed E-state index contributed by atoms with van der Waals surface area (Å²) in [7, 11) is 0. The maximum absolute atomic E-state index is 12.3. The van der Waals surface area contributed by atoms with Gasteiger partial charge in [-0.2, -0.15) is 0 Å². The SMILES string of the molecule is Cc1c(-c2ccccc2Br)sc(C(=O)OC(C)(C)C)c1N. The number of hydrogen-bond acceptors (Lipinski definition) is 4. The molecule has 2 aromatic rings. The molecule has 0 saturated carbocycles. The average Bonchev–Trinajstić information content (AvgIpc) is 2.65. The van der Waals surface area contributed by atoms with Crippen LogP contribution in [-0.2, 0) is 4.74 Å². The lowest BCUT2D eigenvalue weighted by atomic mass is 10.1. The average molecular weight is 368 g/mol. The highest BCUT2D eigenvalue weighted by Crippen LogP contribution is 2.41. The lowest BCUT2D eigenvalue weighted by molar-refractivity contribution is 0.00763. The first-order valence-corrected chi connectivity index (χ1v) is 8.19. The predicted molar refractivity (Wildman–Crippen MR) is 91.8 cm³/mol. The molecule has 2 N–H and O–H groups in total. The maximum Gasteiger partial charge on any atom is 0.351 e. The highest BCUT2D eigenvalue weighted by atomic mass is 79.9. The minimum atomic E-state index is -0.533. The van der Waals surface area contributed by atoms with Crippen molar-refractivity contribution in [2.24, 2.45) is 0 Å². The molecule has 1 aromatic heterocycles. The highest BCUT2D eigenvalue weighted by Gasteiger charge is 2.25. The highest BCUT2D eigenvalue weighted by molar-refractivity contribution is 9.10. The van der Waals surface area contributed by atoms with Crippen molar-refractivity contribution in [1.82, 2.24) is 0 Å². The minimum absolute atomic E-state index is 0.369. The second-order valence-electron chi connectivity index (χ2n) is 5.78. The fraction of sp³-hybridized carbons (Fsp3) is 0.312. The van der Waals surface area contributed by atoms with Crippen LogP contribution in [-0.4, -0.2) is 11.6 Å². The largest absolute Gasteiger partial charge is 0.456 e. The summed E-state index contributed by atoms with van der Waals surface area (Å²) >= 11 is 4.91. The summed E-state index contributed by atoms with van der Waals surface area (Å²) in [6.45, 7) is 7.46. The molecule has 0 fully saturated rings. The number of nitrogen functional groups attached to an aromatic ring is 1. The van der Waals surface area contributed by atoms with E-state index in [1.807, 2.05) is 52.0 Å². The molecule has 1 aromatic carbocycles. The van der Waals surface area contributed by atoms with E-state index >= 15 is 0 Å². The zero-order valence-electron chi connectivity index (χ0n) is 12.5. The number of halogens is 1. The quantitative estimate of drug-likeness (QED) is 0.757. The maximum atomic E-state index is 12.3. The normalized spacial score (nSPS) is 11.5. The second kappa shape index (κ2) is 5.81. The Balaban J connectivity index is 2.47. The summed E-state index contributed by atoms with van der Waals surface area (Å²) in [6, 6.07) is 7.89. The molecule has 0 unspecified atom stereocenters. The third-order valence-corrected chi connectivity index (χ3v) is 4.91. The van der Waals surface area contributed by atoms with E-state index in [0.717, 1.165) is 20.5 Å². The third-order valence-electron chi connectivity index (χ3n) is 2.90. The van der Waals surface area contributed by atoms with Gasteiger partial charge in [-0.15, -0.1) is 11.3 Å². The summed E-state index contributed by atoms with van der Waals surface area (Å²) < 4.78 is 6.40. The number of thiophene rings is 1. The first-order chi connectivity index (χ1) is 9.70.